The molecule has 0 bridgehead atoms. The Kier molecular flexibility index (Phi) is 5.01. The van der Waals surface area contributed by atoms with Crippen molar-refractivity contribution >= 4 is 45.0 Å². The third-order valence-corrected chi connectivity index (χ3v) is 5.08. The van der Waals surface area contributed by atoms with E-state index >= 15 is 0 Å². The molecule has 0 aliphatic heterocycles. The molecular formula is C22H14ClNO2S. The lowest BCUT2D eigenvalue weighted by Crippen LogP contribution is -1.94. The molecule has 0 amide bonds. The summed E-state index contributed by atoms with van der Waals surface area (Å²) in [5.41, 5.74) is 2.43. The summed E-state index contributed by atoms with van der Waals surface area (Å²) >= 11 is 7.35. The van der Waals surface area contributed by atoms with Gasteiger partial charge in [0.1, 0.15) is 5.75 Å². The quantitative estimate of drug-likeness (QED) is 0.283. The molecule has 0 N–H and O–H groups in total. The van der Waals surface area contributed by atoms with Crippen molar-refractivity contribution in [2.45, 2.75) is 0 Å². The van der Waals surface area contributed by atoms with E-state index in [0.29, 0.717) is 21.5 Å². The van der Waals surface area contributed by atoms with Gasteiger partial charge in [-0.1, -0.05) is 53.3 Å². The molecule has 0 atom stereocenters. The summed E-state index contributed by atoms with van der Waals surface area (Å²) in [5.74, 6) is 0.573. The molecule has 0 unspecified atom stereocenters. The molecule has 1 aromatic heterocycles. The fourth-order valence-corrected chi connectivity index (χ4v) is 3.49. The molecular weight excluding hydrogens is 378 g/mol. The number of carbonyl (C=O) groups excluding carboxylic acids is 1. The van der Waals surface area contributed by atoms with Crippen LogP contribution in [0.4, 0.5) is 0 Å². The zero-order valence-electron chi connectivity index (χ0n) is 14.1. The first-order valence-corrected chi connectivity index (χ1v) is 9.48. The van der Waals surface area contributed by atoms with Gasteiger partial charge in [0.2, 0.25) is 0 Å². The molecule has 1 heterocycles. The average Bonchev–Trinajstić information content (AvgIpc) is 3.10. The molecule has 4 aromatic rings. The van der Waals surface area contributed by atoms with Crippen LogP contribution < -0.4 is 4.74 Å². The molecule has 5 heteroatoms. The molecule has 4 rings (SSSR count). The second-order valence-electron chi connectivity index (χ2n) is 5.82. The van der Waals surface area contributed by atoms with E-state index in [9.17, 15) is 4.79 Å². The number of fused-ring (bicyclic) bond motifs is 1. The maximum Gasteiger partial charge on any atom is 0.279 e. The molecule has 0 spiro atoms. The van der Waals surface area contributed by atoms with Crippen LogP contribution in [-0.2, 0) is 0 Å². The number of allylic oxidation sites excluding steroid dienone is 1. The fraction of sp³-hybridized carbons (Fsp3) is 0. The molecule has 0 saturated heterocycles. The van der Waals surface area contributed by atoms with Crippen LogP contribution in [-0.4, -0.2) is 10.8 Å². The normalized spacial score (nSPS) is 11.1. The van der Waals surface area contributed by atoms with Crippen molar-refractivity contribution in [1.82, 2.24) is 4.98 Å². The summed E-state index contributed by atoms with van der Waals surface area (Å²) in [6, 6.07) is 22.2. The molecule has 3 aromatic carbocycles. The number of hydrogen-bond acceptors (Lipinski definition) is 4. The lowest BCUT2D eigenvalue weighted by atomic mass is 10.1. The van der Waals surface area contributed by atoms with E-state index in [-0.39, 0.29) is 5.78 Å². The topological polar surface area (TPSA) is 39.2 Å². The highest BCUT2D eigenvalue weighted by atomic mass is 35.5. The van der Waals surface area contributed by atoms with Gasteiger partial charge < -0.3 is 4.74 Å². The number of rotatable bonds is 5. The predicted molar refractivity (Wildman–Crippen MR) is 111 cm³/mol. The Balaban J connectivity index is 1.44. The Bertz CT molecular complexity index is 1080. The number of hydrogen-bond donors (Lipinski definition) is 0. The van der Waals surface area contributed by atoms with Crippen LogP contribution >= 0.6 is 22.9 Å². The van der Waals surface area contributed by atoms with Crippen molar-refractivity contribution in [3.05, 3.63) is 95.0 Å². The number of halogens is 1. The number of ketones is 1. The van der Waals surface area contributed by atoms with E-state index < -0.39 is 0 Å². The highest BCUT2D eigenvalue weighted by molar-refractivity contribution is 7.20. The third kappa shape index (κ3) is 4.25. The molecule has 132 valence electrons. The van der Waals surface area contributed by atoms with Crippen LogP contribution in [0, 0.1) is 0 Å². The molecule has 0 radical (unpaired) electrons. The van der Waals surface area contributed by atoms with E-state index in [0.717, 1.165) is 15.8 Å². The number of aromatic nitrogens is 1. The predicted octanol–water partition coefficient (Wildman–Crippen LogP) is 6.64. The van der Waals surface area contributed by atoms with Gasteiger partial charge in [0, 0.05) is 10.6 Å². The standard InChI is InChI=1S/C22H14ClNO2S/c23-17-10-5-15(6-11-17)7-14-20(25)16-8-12-18(13-9-16)26-22-24-19-3-1-2-4-21(19)27-22/h1-14H/b14-7+. The van der Waals surface area contributed by atoms with Crippen LogP contribution in [0.1, 0.15) is 15.9 Å². The second kappa shape index (κ2) is 7.74. The van der Waals surface area contributed by atoms with Crippen molar-refractivity contribution in [2.75, 3.05) is 0 Å². The number of carbonyl (C=O) groups is 1. The van der Waals surface area contributed by atoms with Crippen LogP contribution in [0.15, 0.2) is 78.9 Å². The van der Waals surface area contributed by atoms with Crippen molar-refractivity contribution in [3.63, 3.8) is 0 Å². The van der Waals surface area contributed by atoms with Gasteiger partial charge >= 0.3 is 0 Å². The SMILES string of the molecule is O=C(/C=C/c1ccc(Cl)cc1)c1ccc(Oc2nc3ccccc3s2)cc1. The van der Waals surface area contributed by atoms with Gasteiger partial charge in [0.15, 0.2) is 5.78 Å². The summed E-state index contributed by atoms with van der Waals surface area (Å²) in [5, 5.41) is 1.25. The Morgan fingerprint density at radius 1 is 0.963 bits per heavy atom. The second-order valence-corrected chi connectivity index (χ2v) is 7.25. The molecule has 0 aliphatic rings. The highest BCUT2D eigenvalue weighted by Crippen LogP contribution is 2.31. The van der Waals surface area contributed by atoms with Gasteiger partial charge in [-0.3, -0.25) is 4.79 Å². The van der Waals surface area contributed by atoms with E-state index in [1.54, 1.807) is 48.6 Å². The third-order valence-electron chi connectivity index (χ3n) is 3.92. The van der Waals surface area contributed by atoms with Crippen LogP contribution in [0.3, 0.4) is 0 Å². The zero-order valence-corrected chi connectivity index (χ0v) is 15.7. The lowest BCUT2D eigenvalue weighted by molar-refractivity contribution is 0.104. The summed E-state index contributed by atoms with van der Waals surface area (Å²) in [6.45, 7) is 0. The van der Waals surface area contributed by atoms with Crippen LogP contribution in [0.25, 0.3) is 16.3 Å². The maximum atomic E-state index is 12.3. The Morgan fingerprint density at radius 2 is 1.70 bits per heavy atom. The van der Waals surface area contributed by atoms with E-state index in [1.165, 1.54) is 11.3 Å². The molecule has 0 saturated carbocycles. The highest BCUT2D eigenvalue weighted by Gasteiger charge is 2.07. The monoisotopic (exact) mass is 391 g/mol. The number of ether oxygens (including phenoxy) is 1. The number of para-hydroxylation sites is 1. The van der Waals surface area contributed by atoms with Crippen molar-refractivity contribution in [3.8, 4) is 10.9 Å². The number of benzene rings is 3. The van der Waals surface area contributed by atoms with Crippen molar-refractivity contribution < 1.29 is 9.53 Å². The summed E-state index contributed by atoms with van der Waals surface area (Å²) in [4.78, 5) is 16.8. The van der Waals surface area contributed by atoms with Crippen molar-refractivity contribution in [2.24, 2.45) is 0 Å². The molecule has 0 fully saturated rings. The van der Waals surface area contributed by atoms with Gasteiger partial charge in [-0.05, 0) is 60.2 Å². The molecule has 3 nitrogen and oxygen atoms in total. The van der Waals surface area contributed by atoms with Gasteiger partial charge in [0.05, 0.1) is 10.2 Å². The largest absolute Gasteiger partial charge is 0.431 e. The van der Waals surface area contributed by atoms with Gasteiger partial charge in [-0.2, -0.15) is 0 Å². The number of thiazole rings is 1. The summed E-state index contributed by atoms with van der Waals surface area (Å²) in [6.07, 6.45) is 3.32. The number of nitrogens with zero attached hydrogens (tertiary/aromatic N) is 1. The Morgan fingerprint density at radius 3 is 2.44 bits per heavy atom. The lowest BCUT2D eigenvalue weighted by Gasteiger charge is -2.02. The van der Waals surface area contributed by atoms with E-state index in [2.05, 4.69) is 4.98 Å². The van der Waals surface area contributed by atoms with Gasteiger partial charge in [0.25, 0.3) is 5.19 Å². The average molecular weight is 392 g/mol. The summed E-state index contributed by atoms with van der Waals surface area (Å²) in [7, 11) is 0. The van der Waals surface area contributed by atoms with Crippen LogP contribution in [0.5, 0.6) is 10.9 Å². The molecule has 27 heavy (non-hydrogen) atoms. The minimum absolute atomic E-state index is 0.0727. The van der Waals surface area contributed by atoms with Crippen molar-refractivity contribution in [1.29, 1.82) is 0 Å². The fourth-order valence-electron chi connectivity index (χ4n) is 2.52. The molecule has 0 aliphatic carbocycles. The zero-order chi connectivity index (χ0) is 18.6. The Labute approximate surface area is 165 Å². The first kappa shape index (κ1) is 17.5. The van der Waals surface area contributed by atoms with Gasteiger partial charge in [-0.25, -0.2) is 4.98 Å². The minimum Gasteiger partial charge on any atom is -0.431 e. The van der Waals surface area contributed by atoms with Gasteiger partial charge in [-0.15, -0.1) is 0 Å². The summed E-state index contributed by atoms with van der Waals surface area (Å²) < 4.78 is 6.88. The smallest absolute Gasteiger partial charge is 0.279 e. The first-order chi connectivity index (χ1) is 13.2. The minimum atomic E-state index is -0.0727. The van der Waals surface area contributed by atoms with E-state index in [4.69, 9.17) is 16.3 Å². The first-order valence-electron chi connectivity index (χ1n) is 8.29. The van der Waals surface area contributed by atoms with E-state index in [1.807, 2.05) is 36.4 Å². The van der Waals surface area contributed by atoms with Crippen LogP contribution in [0.2, 0.25) is 5.02 Å². The Hall–Kier alpha value is -2.95. The maximum absolute atomic E-state index is 12.3.